The summed E-state index contributed by atoms with van der Waals surface area (Å²) in [6.45, 7) is 1.87. The summed E-state index contributed by atoms with van der Waals surface area (Å²) >= 11 is 0. The first-order chi connectivity index (χ1) is 7.07. The van der Waals surface area contributed by atoms with Gasteiger partial charge in [0.1, 0.15) is 6.54 Å². The van der Waals surface area contributed by atoms with Gasteiger partial charge in [0.2, 0.25) is 0 Å². The summed E-state index contributed by atoms with van der Waals surface area (Å²) in [5.41, 5.74) is 5.30. The highest BCUT2D eigenvalue weighted by molar-refractivity contribution is 7.87. The Bertz CT molecular complexity index is 304. The molecule has 2 unspecified atom stereocenters. The van der Waals surface area contributed by atoms with Crippen molar-refractivity contribution < 1.29 is 21.6 Å². The van der Waals surface area contributed by atoms with Crippen LogP contribution in [0.1, 0.15) is 13.8 Å². The molecule has 0 aliphatic heterocycles. The van der Waals surface area contributed by atoms with Crippen LogP contribution in [0, 0.1) is 5.92 Å². The maximum absolute atomic E-state index is 11.8. The molecule has 4 N–H and O–H groups in total. The molecule has 0 radical (unpaired) electrons. The lowest BCUT2D eigenvalue weighted by Crippen LogP contribution is -2.47. The second kappa shape index (κ2) is 5.80. The highest BCUT2D eigenvalue weighted by Crippen LogP contribution is 2.12. The fourth-order valence-electron chi connectivity index (χ4n) is 0.784. The Morgan fingerprint density at radius 3 is 2.19 bits per heavy atom. The van der Waals surface area contributed by atoms with Crippen molar-refractivity contribution in [2.45, 2.75) is 26.1 Å². The fraction of sp³-hybridized carbons (Fsp3) is 1.00. The smallest absolute Gasteiger partial charge is 0.330 e. The maximum atomic E-state index is 11.8. The summed E-state index contributed by atoms with van der Waals surface area (Å²) in [6.07, 6.45) is -4.57. The van der Waals surface area contributed by atoms with Crippen LogP contribution in [0.4, 0.5) is 13.2 Å². The van der Waals surface area contributed by atoms with Crippen LogP contribution in [0.2, 0.25) is 0 Å². The van der Waals surface area contributed by atoms with Gasteiger partial charge in [-0.3, -0.25) is 0 Å². The second-order valence-corrected chi connectivity index (χ2v) is 5.09. The van der Waals surface area contributed by atoms with E-state index in [0.29, 0.717) is 0 Å². The van der Waals surface area contributed by atoms with Crippen LogP contribution in [0.5, 0.6) is 0 Å². The lowest BCUT2D eigenvalue weighted by Gasteiger charge is -2.20. The molecule has 0 rings (SSSR count). The molecule has 0 aliphatic rings. The molecule has 0 heterocycles. The molecular weight excluding hydrogens is 247 g/mol. The zero-order valence-corrected chi connectivity index (χ0v) is 9.82. The van der Waals surface area contributed by atoms with Crippen molar-refractivity contribution in [3.8, 4) is 0 Å². The minimum absolute atomic E-state index is 0.164. The van der Waals surface area contributed by atoms with Gasteiger partial charge in [0.25, 0.3) is 10.2 Å². The quantitative estimate of drug-likeness (QED) is 0.628. The van der Waals surface area contributed by atoms with Gasteiger partial charge < -0.3 is 5.73 Å². The normalized spacial score (nSPS) is 17.1. The number of rotatable bonds is 6. The third-order valence-corrected chi connectivity index (χ3v) is 3.24. The standard InChI is InChI=1S/C7H16F3N3O2S/c1-5(3-11)6(2)13-16(14,15)12-4-7(8,9)10/h5-6,12-13H,3-4,11H2,1-2H3. The summed E-state index contributed by atoms with van der Waals surface area (Å²) in [5, 5.41) is 0. The Morgan fingerprint density at radius 1 is 1.31 bits per heavy atom. The van der Waals surface area contributed by atoms with E-state index in [0.717, 1.165) is 0 Å². The first kappa shape index (κ1) is 15.6. The summed E-state index contributed by atoms with van der Waals surface area (Å²) < 4.78 is 61.1. The van der Waals surface area contributed by atoms with Crippen LogP contribution in [0.3, 0.4) is 0 Å². The molecule has 0 fully saturated rings. The highest BCUT2D eigenvalue weighted by Gasteiger charge is 2.30. The molecule has 98 valence electrons. The summed E-state index contributed by atoms with van der Waals surface area (Å²) in [6, 6.07) is -0.532. The number of nitrogens with one attached hydrogen (secondary N) is 2. The van der Waals surface area contributed by atoms with E-state index in [1.807, 2.05) is 0 Å². The topological polar surface area (TPSA) is 84.2 Å². The Morgan fingerprint density at radius 2 is 1.81 bits per heavy atom. The van der Waals surface area contributed by atoms with Gasteiger partial charge in [0.05, 0.1) is 0 Å². The van der Waals surface area contributed by atoms with Gasteiger partial charge in [-0.2, -0.15) is 31.0 Å². The minimum Gasteiger partial charge on any atom is -0.330 e. The predicted molar refractivity (Wildman–Crippen MR) is 53.8 cm³/mol. The number of halogens is 3. The van der Waals surface area contributed by atoms with E-state index in [-0.39, 0.29) is 12.5 Å². The van der Waals surface area contributed by atoms with Crippen LogP contribution >= 0.6 is 0 Å². The molecule has 0 aromatic rings. The summed E-state index contributed by atoms with van der Waals surface area (Å²) in [7, 11) is -4.14. The monoisotopic (exact) mass is 263 g/mol. The van der Waals surface area contributed by atoms with Crippen molar-refractivity contribution in [1.82, 2.24) is 9.44 Å². The van der Waals surface area contributed by atoms with Gasteiger partial charge in [-0.05, 0) is 19.4 Å². The molecule has 0 aromatic heterocycles. The Labute approximate surface area is 92.8 Å². The van der Waals surface area contributed by atoms with Crippen LogP contribution in [-0.2, 0) is 10.2 Å². The third kappa shape index (κ3) is 6.99. The van der Waals surface area contributed by atoms with Crippen molar-refractivity contribution in [2.24, 2.45) is 11.7 Å². The van der Waals surface area contributed by atoms with Crippen LogP contribution < -0.4 is 15.2 Å². The minimum atomic E-state index is -4.57. The van der Waals surface area contributed by atoms with Crippen molar-refractivity contribution in [3.05, 3.63) is 0 Å². The number of hydrogen-bond acceptors (Lipinski definition) is 3. The van der Waals surface area contributed by atoms with Gasteiger partial charge in [-0.15, -0.1) is 0 Å². The van der Waals surface area contributed by atoms with E-state index < -0.39 is 29.0 Å². The fourth-order valence-corrected chi connectivity index (χ4v) is 1.94. The molecule has 5 nitrogen and oxygen atoms in total. The van der Waals surface area contributed by atoms with Crippen molar-refractivity contribution in [1.29, 1.82) is 0 Å². The summed E-state index contributed by atoms with van der Waals surface area (Å²) in [4.78, 5) is 0. The molecule has 9 heteroatoms. The van der Waals surface area contributed by atoms with Crippen molar-refractivity contribution in [2.75, 3.05) is 13.1 Å². The number of nitrogens with two attached hydrogens (primary N) is 1. The lowest BCUT2D eigenvalue weighted by molar-refractivity contribution is -0.121. The number of hydrogen-bond donors (Lipinski definition) is 3. The van der Waals surface area contributed by atoms with Crippen molar-refractivity contribution in [3.63, 3.8) is 0 Å². The largest absolute Gasteiger partial charge is 0.402 e. The molecule has 0 amide bonds. The average Bonchev–Trinajstić information content (AvgIpc) is 2.12. The first-order valence-corrected chi connectivity index (χ1v) is 6.09. The Hall–Kier alpha value is -0.380. The third-order valence-electron chi connectivity index (χ3n) is 2.03. The highest BCUT2D eigenvalue weighted by atomic mass is 32.2. The summed E-state index contributed by atoms with van der Waals surface area (Å²) in [5.74, 6) is -0.164. The zero-order valence-electron chi connectivity index (χ0n) is 9.00. The molecule has 0 aromatic carbocycles. The molecule has 0 aliphatic carbocycles. The van der Waals surface area contributed by atoms with E-state index in [2.05, 4.69) is 4.72 Å². The van der Waals surface area contributed by atoms with Crippen molar-refractivity contribution >= 4 is 10.2 Å². The molecular formula is C7H16F3N3O2S. The zero-order chi connectivity index (χ0) is 13.0. The van der Waals surface area contributed by atoms with E-state index in [1.165, 1.54) is 11.6 Å². The molecule has 16 heavy (non-hydrogen) atoms. The second-order valence-electron chi connectivity index (χ2n) is 3.56. The van der Waals surface area contributed by atoms with Crippen LogP contribution in [-0.4, -0.2) is 33.7 Å². The Balaban J connectivity index is 4.26. The molecule has 0 saturated carbocycles. The predicted octanol–water partition coefficient (Wildman–Crippen LogP) is -0.0440. The van der Waals surface area contributed by atoms with Gasteiger partial charge in [0.15, 0.2) is 0 Å². The van der Waals surface area contributed by atoms with E-state index >= 15 is 0 Å². The van der Waals surface area contributed by atoms with Crippen LogP contribution in [0.25, 0.3) is 0 Å². The lowest BCUT2D eigenvalue weighted by atomic mass is 10.1. The van der Waals surface area contributed by atoms with E-state index in [9.17, 15) is 21.6 Å². The van der Waals surface area contributed by atoms with Crippen LogP contribution in [0.15, 0.2) is 0 Å². The SMILES string of the molecule is CC(CN)C(C)NS(=O)(=O)NCC(F)(F)F. The maximum Gasteiger partial charge on any atom is 0.402 e. The van der Waals surface area contributed by atoms with Gasteiger partial charge >= 0.3 is 6.18 Å². The van der Waals surface area contributed by atoms with Gasteiger partial charge in [-0.25, -0.2) is 0 Å². The Kier molecular flexibility index (Phi) is 5.66. The number of alkyl halides is 3. The van der Waals surface area contributed by atoms with E-state index in [1.54, 1.807) is 6.92 Å². The molecule has 0 bridgehead atoms. The molecule has 0 saturated heterocycles. The van der Waals surface area contributed by atoms with Gasteiger partial charge in [0, 0.05) is 6.04 Å². The van der Waals surface area contributed by atoms with E-state index in [4.69, 9.17) is 5.73 Å². The molecule has 0 spiro atoms. The first-order valence-electron chi connectivity index (χ1n) is 4.61. The van der Waals surface area contributed by atoms with Gasteiger partial charge in [-0.1, -0.05) is 6.92 Å². The molecule has 2 atom stereocenters. The average molecular weight is 263 g/mol.